The van der Waals surface area contributed by atoms with E-state index in [4.69, 9.17) is 0 Å². The van der Waals surface area contributed by atoms with Gasteiger partial charge in [0.05, 0.1) is 0 Å². The third kappa shape index (κ3) is 49.7. The molecule has 0 saturated heterocycles. The molecular weight excluding hydrogens is 191 g/mol. The van der Waals surface area contributed by atoms with Crippen LogP contribution in [0.5, 0.6) is 0 Å². The van der Waals surface area contributed by atoms with Crippen LogP contribution in [0.3, 0.4) is 0 Å². The molecule has 0 saturated carbocycles. The summed E-state index contributed by atoms with van der Waals surface area (Å²) >= 11 is 0. The molecule has 0 aromatic heterocycles. The van der Waals surface area contributed by atoms with Gasteiger partial charge < -0.3 is 4.55 Å². The molecular formula is C3H5BF3LiO3S. The van der Waals surface area contributed by atoms with Gasteiger partial charge >= 0.3 is 26.4 Å². The van der Waals surface area contributed by atoms with E-state index in [1.54, 1.807) is 0 Å². The van der Waals surface area contributed by atoms with Crippen molar-refractivity contribution in [2.24, 2.45) is 0 Å². The predicted molar refractivity (Wildman–Crippen MR) is 33.6 cm³/mol. The Balaban J connectivity index is -0.000000142. The van der Waals surface area contributed by atoms with Crippen molar-refractivity contribution in [3.8, 4) is 0 Å². The summed E-state index contributed by atoms with van der Waals surface area (Å²) in [4.78, 5) is 0. The second-order valence-corrected chi connectivity index (χ2v) is 2.47. The summed E-state index contributed by atoms with van der Waals surface area (Å²) in [6.45, 7) is 1.47. The Morgan fingerprint density at radius 2 is 1.58 bits per heavy atom. The number of hydrogen-bond donors (Lipinski definition) is 0. The topological polar surface area (TPSA) is 57.2 Å². The summed E-state index contributed by atoms with van der Waals surface area (Å²) in [5.74, 6) is 0. The predicted octanol–water partition coefficient (Wildman–Crippen LogP) is -2.05. The van der Waals surface area contributed by atoms with Crippen molar-refractivity contribution in [1.82, 2.24) is 0 Å². The molecule has 0 radical (unpaired) electrons. The fraction of sp³-hybridized carbons (Fsp3) is 0.333. The van der Waals surface area contributed by atoms with Crippen LogP contribution in [-0.2, 0) is 10.1 Å². The SMILES string of the molecule is CC=CS(=O)(=O)[O-].FB(F)F.[Li+]. The Morgan fingerprint density at radius 1 is 1.33 bits per heavy atom. The zero-order valence-corrected chi connectivity index (χ0v) is 7.32. The molecule has 0 aromatic rings. The van der Waals surface area contributed by atoms with Gasteiger partial charge in [-0.2, -0.15) is 0 Å². The number of rotatable bonds is 1. The zero-order chi connectivity index (χ0) is 9.49. The standard InChI is InChI=1S/C3H6O3S.BF3.Li/c1-2-3-7(4,5)6;2-1(3)4;/h2-3H,1H3,(H,4,5,6);;/q;;+1/p-1. The summed E-state index contributed by atoms with van der Waals surface area (Å²) in [5, 5.41) is 0.604. The van der Waals surface area contributed by atoms with Crippen LogP contribution in [0.2, 0.25) is 0 Å². The van der Waals surface area contributed by atoms with E-state index in [1.807, 2.05) is 0 Å². The van der Waals surface area contributed by atoms with E-state index in [-0.39, 0.29) is 18.9 Å². The van der Waals surface area contributed by atoms with E-state index in [9.17, 15) is 25.9 Å². The maximum Gasteiger partial charge on any atom is 1.00 e. The summed E-state index contributed by atoms with van der Waals surface area (Å²) in [5.41, 5.74) is 0. The van der Waals surface area contributed by atoms with Crippen LogP contribution >= 0.6 is 0 Å². The normalized spacial score (nSPS) is 9.75. The molecule has 0 aromatic carbocycles. The van der Waals surface area contributed by atoms with Gasteiger partial charge in [0.15, 0.2) is 0 Å². The fourth-order valence-electron chi connectivity index (χ4n) is 0.167. The van der Waals surface area contributed by atoms with Crippen LogP contribution < -0.4 is 18.9 Å². The molecule has 0 bridgehead atoms. The van der Waals surface area contributed by atoms with E-state index in [2.05, 4.69) is 0 Å². The van der Waals surface area contributed by atoms with Gasteiger partial charge in [0.2, 0.25) is 0 Å². The van der Waals surface area contributed by atoms with Gasteiger partial charge in [-0.25, -0.2) is 8.42 Å². The van der Waals surface area contributed by atoms with Gasteiger partial charge in [0.25, 0.3) is 0 Å². The van der Waals surface area contributed by atoms with Crippen molar-refractivity contribution in [2.75, 3.05) is 0 Å². The van der Waals surface area contributed by atoms with Crippen LogP contribution in [0, 0.1) is 0 Å². The van der Waals surface area contributed by atoms with Crippen molar-refractivity contribution < 1.29 is 44.8 Å². The first kappa shape index (κ1) is 18.0. The van der Waals surface area contributed by atoms with Crippen LogP contribution in [0.15, 0.2) is 11.5 Å². The number of hydrogen-bond acceptors (Lipinski definition) is 3. The first-order valence-electron chi connectivity index (χ1n) is 2.30. The van der Waals surface area contributed by atoms with Crippen LogP contribution in [0.1, 0.15) is 6.92 Å². The monoisotopic (exact) mass is 196 g/mol. The zero-order valence-electron chi connectivity index (χ0n) is 6.50. The van der Waals surface area contributed by atoms with Gasteiger partial charge in [0, 0.05) is 5.41 Å². The maximum atomic E-state index is 9.67. The molecule has 0 rings (SSSR count). The second-order valence-electron chi connectivity index (χ2n) is 1.21. The molecule has 0 aliphatic heterocycles. The van der Waals surface area contributed by atoms with E-state index in [0.717, 1.165) is 0 Å². The van der Waals surface area contributed by atoms with Crippen molar-refractivity contribution in [1.29, 1.82) is 0 Å². The van der Waals surface area contributed by atoms with Crippen LogP contribution in [0.4, 0.5) is 12.9 Å². The molecule has 9 heteroatoms. The summed E-state index contributed by atoms with van der Waals surface area (Å²) < 4.78 is 57.8. The summed E-state index contributed by atoms with van der Waals surface area (Å²) in [6, 6.07) is 0. The Bertz CT molecular complexity index is 202. The average Bonchev–Trinajstić information content (AvgIpc) is 1.58. The molecule has 0 atom stereocenters. The molecule has 0 unspecified atom stereocenters. The fourth-order valence-corrected chi connectivity index (χ4v) is 0.500. The largest absolute Gasteiger partial charge is 1.00 e. The van der Waals surface area contributed by atoms with Gasteiger partial charge in [-0.05, 0) is 6.92 Å². The molecule has 12 heavy (non-hydrogen) atoms. The minimum atomic E-state index is -4.10. The summed E-state index contributed by atoms with van der Waals surface area (Å²) in [7, 11) is -7.77. The molecule has 0 amide bonds. The molecule has 0 spiro atoms. The second kappa shape index (κ2) is 9.19. The Kier molecular flexibility index (Phi) is 13.8. The van der Waals surface area contributed by atoms with Gasteiger partial charge in [-0.15, -0.1) is 0 Å². The first-order valence-corrected chi connectivity index (χ1v) is 3.77. The van der Waals surface area contributed by atoms with Crippen molar-refractivity contribution >= 4 is 17.7 Å². The maximum absolute atomic E-state index is 9.67. The third-order valence-electron chi connectivity index (χ3n) is 0.303. The van der Waals surface area contributed by atoms with Crippen molar-refractivity contribution in [2.45, 2.75) is 6.92 Å². The Morgan fingerprint density at radius 3 is 1.58 bits per heavy atom. The van der Waals surface area contributed by atoms with Gasteiger partial charge in [-0.3, -0.25) is 12.9 Å². The Labute approximate surface area is 81.2 Å². The number of allylic oxidation sites excluding steroid dienone is 1. The molecule has 66 valence electrons. The first-order chi connectivity index (χ1) is 4.79. The van der Waals surface area contributed by atoms with Crippen LogP contribution in [0.25, 0.3) is 0 Å². The summed E-state index contributed by atoms with van der Waals surface area (Å²) in [6.07, 6.45) is 1.18. The van der Waals surface area contributed by atoms with Crippen LogP contribution in [-0.4, -0.2) is 20.5 Å². The minimum absolute atomic E-state index is 0. The molecule has 0 heterocycles. The van der Waals surface area contributed by atoms with Crippen molar-refractivity contribution in [3.05, 3.63) is 11.5 Å². The molecule has 3 nitrogen and oxygen atoms in total. The quantitative estimate of drug-likeness (QED) is 0.358. The van der Waals surface area contributed by atoms with Gasteiger partial charge in [-0.1, -0.05) is 6.08 Å². The molecule has 0 aliphatic rings. The average molecular weight is 196 g/mol. The molecule has 0 aliphatic carbocycles. The van der Waals surface area contributed by atoms with Gasteiger partial charge in [0.1, 0.15) is 10.1 Å². The van der Waals surface area contributed by atoms with E-state index in [0.29, 0.717) is 5.41 Å². The van der Waals surface area contributed by atoms with E-state index >= 15 is 0 Å². The Hall–Kier alpha value is 0.102. The van der Waals surface area contributed by atoms with E-state index in [1.165, 1.54) is 13.0 Å². The van der Waals surface area contributed by atoms with E-state index < -0.39 is 17.7 Å². The minimum Gasteiger partial charge on any atom is -0.744 e. The van der Waals surface area contributed by atoms with Crippen molar-refractivity contribution in [3.63, 3.8) is 0 Å². The smallest absolute Gasteiger partial charge is 0.744 e. The number of halogens is 3. The third-order valence-corrected chi connectivity index (χ3v) is 0.908. The molecule has 0 fully saturated rings. The molecule has 0 N–H and O–H groups in total.